The quantitative estimate of drug-likeness (QED) is 0.808. The summed E-state index contributed by atoms with van der Waals surface area (Å²) in [5.74, 6) is 0.725. The maximum Gasteiger partial charge on any atom is 0.264 e. The zero-order valence-electron chi connectivity index (χ0n) is 14.4. The first-order valence-corrected chi connectivity index (χ1v) is 9.31. The molecule has 4 rings (SSSR count). The molecule has 1 aromatic heterocycles. The van der Waals surface area contributed by atoms with Gasteiger partial charge in [0.2, 0.25) is 0 Å². The van der Waals surface area contributed by atoms with Crippen LogP contribution in [0.15, 0.2) is 42.7 Å². The topological polar surface area (TPSA) is 51.7 Å². The van der Waals surface area contributed by atoms with E-state index in [0.29, 0.717) is 24.5 Å². The van der Waals surface area contributed by atoms with Crippen molar-refractivity contribution in [3.8, 4) is 5.75 Å². The molecule has 2 aliphatic heterocycles. The molecule has 2 aromatic rings. The molecule has 1 fully saturated rings. The Hall–Kier alpha value is -2.11. The van der Waals surface area contributed by atoms with E-state index in [4.69, 9.17) is 21.1 Å². The third-order valence-corrected chi connectivity index (χ3v) is 5.06. The van der Waals surface area contributed by atoms with Gasteiger partial charge in [-0.3, -0.25) is 9.78 Å². The average molecular weight is 373 g/mol. The number of fused-ring (bicyclic) bond motifs is 1. The SMILES string of the molecule is O=C([C@@H]1Cc2cc(Cl)ccc2O1)N(Cc1cccnc1)C[C@@H]1CCCO1. The van der Waals surface area contributed by atoms with Gasteiger partial charge in [-0.15, -0.1) is 0 Å². The largest absolute Gasteiger partial charge is 0.480 e. The Kier molecular flexibility index (Phi) is 5.09. The van der Waals surface area contributed by atoms with E-state index in [9.17, 15) is 4.79 Å². The number of halogens is 1. The first-order valence-electron chi connectivity index (χ1n) is 8.93. The van der Waals surface area contributed by atoms with Gasteiger partial charge < -0.3 is 14.4 Å². The van der Waals surface area contributed by atoms with Gasteiger partial charge in [-0.05, 0) is 48.2 Å². The molecule has 3 heterocycles. The summed E-state index contributed by atoms with van der Waals surface area (Å²) in [6.07, 6.45) is 5.68. The van der Waals surface area contributed by atoms with Crippen LogP contribution in [0.5, 0.6) is 5.75 Å². The number of aromatic nitrogens is 1. The molecule has 0 bridgehead atoms. The zero-order chi connectivity index (χ0) is 17.9. The molecule has 0 spiro atoms. The molecule has 136 valence electrons. The maximum absolute atomic E-state index is 13.2. The molecule has 1 amide bonds. The lowest BCUT2D eigenvalue weighted by atomic mass is 10.1. The number of rotatable bonds is 5. The number of carbonyl (C=O) groups excluding carboxylic acids is 1. The Morgan fingerprint density at radius 3 is 3.04 bits per heavy atom. The predicted octanol–water partition coefficient (Wildman–Crippen LogP) is 3.25. The summed E-state index contributed by atoms with van der Waals surface area (Å²) in [7, 11) is 0. The van der Waals surface area contributed by atoms with Gasteiger partial charge in [0, 0.05) is 43.5 Å². The average Bonchev–Trinajstić information content (AvgIpc) is 3.30. The number of hydrogen-bond donors (Lipinski definition) is 0. The second-order valence-corrected chi connectivity index (χ2v) is 7.21. The summed E-state index contributed by atoms with van der Waals surface area (Å²) in [6, 6.07) is 9.35. The van der Waals surface area contributed by atoms with Crippen molar-refractivity contribution in [3.63, 3.8) is 0 Å². The van der Waals surface area contributed by atoms with Crippen LogP contribution in [0.1, 0.15) is 24.0 Å². The van der Waals surface area contributed by atoms with Gasteiger partial charge in [0.05, 0.1) is 6.10 Å². The van der Waals surface area contributed by atoms with Crippen molar-refractivity contribution in [2.24, 2.45) is 0 Å². The van der Waals surface area contributed by atoms with Gasteiger partial charge in [-0.2, -0.15) is 0 Å². The van der Waals surface area contributed by atoms with Crippen molar-refractivity contribution in [1.29, 1.82) is 0 Å². The fourth-order valence-corrected chi connectivity index (χ4v) is 3.73. The van der Waals surface area contributed by atoms with Gasteiger partial charge in [0.1, 0.15) is 5.75 Å². The Bertz CT molecular complexity index is 778. The summed E-state index contributed by atoms with van der Waals surface area (Å²) in [5, 5.41) is 0.659. The molecule has 0 unspecified atom stereocenters. The van der Waals surface area contributed by atoms with E-state index in [2.05, 4.69) is 4.98 Å². The summed E-state index contributed by atoms with van der Waals surface area (Å²) in [5.41, 5.74) is 1.98. The van der Waals surface area contributed by atoms with Crippen LogP contribution >= 0.6 is 11.6 Å². The fourth-order valence-electron chi connectivity index (χ4n) is 3.54. The lowest BCUT2D eigenvalue weighted by Crippen LogP contribution is -2.44. The van der Waals surface area contributed by atoms with Gasteiger partial charge in [-0.25, -0.2) is 0 Å². The van der Waals surface area contributed by atoms with Crippen LogP contribution in [0.2, 0.25) is 5.02 Å². The van der Waals surface area contributed by atoms with Crippen molar-refractivity contribution in [3.05, 3.63) is 58.9 Å². The number of hydrogen-bond acceptors (Lipinski definition) is 4. The number of amides is 1. The highest BCUT2D eigenvalue weighted by Gasteiger charge is 2.34. The van der Waals surface area contributed by atoms with Crippen molar-refractivity contribution >= 4 is 17.5 Å². The van der Waals surface area contributed by atoms with Crippen LogP contribution in [0.25, 0.3) is 0 Å². The number of pyridine rings is 1. The van der Waals surface area contributed by atoms with Gasteiger partial charge in [0.25, 0.3) is 5.91 Å². The second-order valence-electron chi connectivity index (χ2n) is 6.78. The van der Waals surface area contributed by atoms with E-state index in [1.54, 1.807) is 18.5 Å². The van der Waals surface area contributed by atoms with Crippen LogP contribution in [-0.4, -0.2) is 41.2 Å². The molecule has 1 saturated heterocycles. The Labute approximate surface area is 157 Å². The Balaban J connectivity index is 1.50. The lowest BCUT2D eigenvalue weighted by Gasteiger charge is -2.27. The minimum atomic E-state index is -0.512. The number of carbonyl (C=O) groups is 1. The molecule has 0 radical (unpaired) electrons. The monoisotopic (exact) mass is 372 g/mol. The van der Waals surface area contributed by atoms with Crippen LogP contribution in [0.4, 0.5) is 0 Å². The van der Waals surface area contributed by atoms with E-state index >= 15 is 0 Å². The van der Waals surface area contributed by atoms with E-state index in [1.165, 1.54) is 0 Å². The lowest BCUT2D eigenvalue weighted by molar-refractivity contribution is -0.140. The van der Waals surface area contributed by atoms with Crippen molar-refractivity contribution in [2.75, 3.05) is 13.2 Å². The minimum Gasteiger partial charge on any atom is -0.480 e. The van der Waals surface area contributed by atoms with E-state index < -0.39 is 6.10 Å². The highest BCUT2D eigenvalue weighted by molar-refractivity contribution is 6.30. The van der Waals surface area contributed by atoms with Crippen molar-refractivity contribution in [2.45, 2.75) is 38.0 Å². The standard InChI is InChI=1S/C20H21ClN2O3/c21-16-5-6-18-15(9-16)10-19(26-18)20(24)23(13-17-4-2-8-25-17)12-14-3-1-7-22-11-14/h1,3,5-7,9,11,17,19H,2,4,8,10,12-13H2/t17-,19-/m0/s1. The molecule has 2 atom stereocenters. The van der Waals surface area contributed by atoms with E-state index in [-0.39, 0.29) is 12.0 Å². The summed E-state index contributed by atoms with van der Waals surface area (Å²) in [4.78, 5) is 19.2. The normalized spacial score (nSPS) is 21.3. The smallest absolute Gasteiger partial charge is 0.264 e. The van der Waals surface area contributed by atoms with Crippen LogP contribution in [0.3, 0.4) is 0 Å². The van der Waals surface area contributed by atoms with Gasteiger partial charge in [0.15, 0.2) is 6.10 Å². The maximum atomic E-state index is 13.2. The molecule has 0 N–H and O–H groups in total. The summed E-state index contributed by atoms with van der Waals surface area (Å²) in [6.45, 7) is 1.84. The molecule has 2 aliphatic rings. The first kappa shape index (κ1) is 17.3. The molecule has 5 nitrogen and oxygen atoms in total. The molecule has 26 heavy (non-hydrogen) atoms. The summed E-state index contributed by atoms with van der Waals surface area (Å²) >= 11 is 6.06. The fraction of sp³-hybridized carbons (Fsp3) is 0.400. The van der Waals surface area contributed by atoms with Crippen LogP contribution < -0.4 is 4.74 Å². The van der Waals surface area contributed by atoms with Gasteiger partial charge in [-0.1, -0.05) is 17.7 Å². The molecular weight excluding hydrogens is 352 g/mol. The van der Waals surface area contributed by atoms with Crippen LogP contribution in [-0.2, 0) is 22.5 Å². The number of benzene rings is 1. The van der Waals surface area contributed by atoms with E-state index in [1.807, 2.05) is 29.2 Å². The molecule has 0 aliphatic carbocycles. The van der Waals surface area contributed by atoms with Crippen molar-refractivity contribution < 1.29 is 14.3 Å². The highest BCUT2D eigenvalue weighted by atomic mass is 35.5. The Morgan fingerprint density at radius 1 is 1.35 bits per heavy atom. The third kappa shape index (κ3) is 3.84. The molecule has 1 aromatic carbocycles. The van der Waals surface area contributed by atoms with E-state index in [0.717, 1.165) is 36.3 Å². The first-order chi connectivity index (χ1) is 12.7. The predicted molar refractivity (Wildman–Crippen MR) is 98.2 cm³/mol. The zero-order valence-corrected chi connectivity index (χ0v) is 15.2. The number of ether oxygens (including phenoxy) is 2. The van der Waals surface area contributed by atoms with Crippen molar-refractivity contribution in [1.82, 2.24) is 9.88 Å². The molecule has 0 saturated carbocycles. The minimum absolute atomic E-state index is 0.0170. The molecular formula is C20H21ClN2O3. The summed E-state index contributed by atoms with van der Waals surface area (Å²) < 4.78 is 11.6. The Morgan fingerprint density at radius 2 is 2.27 bits per heavy atom. The number of nitrogens with zero attached hydrogens (tertiary/aromatic N) is 2. The van der Waals surface area contributed by atoms with Gasteiger partial charge >= 0.3 is 0 Å². The highest BCUT2D eigenvalue weighted by Crippen LogP contribution is 2.32. The molecule has 6 heteroatoms. The third-order valence-electron chi connectivity index (χ3n) is 4.83. The second kappa shape index (κ2) is 7.64. The van der Waals surface area contributed by atoms with Crippen LogP contribution in [0, 0.1) is 0 Å².